The Labute approximate surface area is 108 Å². The Morgan fingerprint density at radius 3 is 2.89 bits per heavy atom. The van der Waals surface area contributed by atoms with Crippen molar-refractivity contribution in [3.8, 4) is 0 Å². The minimum Gasteiger partial charge on any atom is -0.478 e. The first-order valence-corrected chi connectivity index (χ1v) is 5.66. The summed E-state index contributed by atoms with van der Waals surface area (Å²) in [5.41, 5.74) is 0.510. The van der Waals surface area contributed by atoms with Gasteiger partial charge in [0, 0.05) is 12.7 Å². The fraction of sp³-hybridized carbons (Fsp3) is 0.364. The number of aliphatic hydroxyl groups is 2. The number of nitrogens with zero attached hydrogens (tertiary/aromatic N) is 2. The van der Waals surface area contributed by atoms with Crippen molar-refractivity contribution in [2.75, 3.05) is 18.4 Å². The van der Waals surface area contributed by atoms with E-state index in [0.29, 0.717) is 11.6 Å². The van der Waals surface area contributed by atoms with Gasteiger partial charge in [-0.25, -0.2) is 4.79 Å². The zero-order valence-corrected chi connectivity index (χ0v) is 9.95. The SMILES string of the molecule is O=C(O)c1cncc(NC2=NCC(O)C(O)CN2)c1. The number of β-amino-alcohol motifs (C(OH)–C–C–N with tert-alkyl or cyclic N) is 1. The van der Waals surface area contributed by atoms with E-state index in [4.69, 9.17) is 5.11 Å². The standard InChI is InChI=1S/C11H14N4O4/c16-8-4-13-11(14-5-9(8)17)15-7-1-6(10(18)19)2-12-3-7/h1-3,8-9,16-17H,4-5H2,(H,18,19)(H2,13,14,15). The molecule has 5 N–H and O–H groups in total. The summed E-state index contributed by atoms with van der Waals surface area (Å²) in [6.45, 7) is 0.210. The molecule has 2 atom stereocenters. The van der Waals surface area contributed by atoms with Crippen LogP contribution in [0.15, 0.2) is 23.5 Å². The molecule has 2 rings (SSSR count). The lowest BCUT2D eigenvalue weighted by atomic mass is 10.2. The summed E-state index contributed by atoms with van der Waals surface area (Å²) in [4.78, 5) is 18.6. The summed E-state index contributed by atoms with van der Waals surface area (Å²) in [5, 5.41) is 33.4. The van der Waals surface area contributed by atoms with Crippen molar-refractivity contribution < 1.29 is 20.1 Å². The first-order valence-electron chi connectivity index (χ1n) is 5.66. The Kier molecular flexibility index (Phi) is 3.93. The van der Waals surface area contributed by atoms with Crippen LogP contribution in [0.2, 0.25) is 0 Å². The fourth-order valence-electron chi connectivity index (χ4n) is 1.55. The number of hydrogen-bond acceptors (Lipinski definition) is 7. The van der Waals surface area contributed by atoms with E-state index >= 15 is 0 Å². The number of aliphatic imine (C=N–C) groups is 1. The predicted molar refractivity (Wildman–Crippen MR) is 67.1 cm³/mol. The molecule has 0 spiro atoms. The van der Waals surface area contributed by atoms with Crippen LogP contribution in [-0.2, 0) is 0 Å². The third-order valence-corrected chi connectivity index (χ3v) is 2.61. The molecule has 102 valence electrons. The molecule has 0 fully saturated rings. The molecule has 1 aromatic heterocycles. The molecular formula is C11H14N4O4. The number of nitrogens with one attached hydrogen (secondary N) is 2. The van der Waals surface area contributed by atoms with E-state index in [1.807, 2.05) is 0 Å². The van der Waals surface area contributed by atoms with Gasteiger partial charge in [-0.15, -0.1) is 0 Å². The van der Waals surface area contributed by atoms with Crippen molar-refractivity contribution in [3.05, 3.63) is 24.0 Å². The van der Waals surface area contributed by atoms with E-state index in [2.05, 4.69) is 20.6 Å². The maximum atomic E-state index is 10.8. The lowest BCUT2D eigenvalue weighted by Gasteiger charge is -2.13. The van der Waals surface area contributed by atoms with Crippen molar-refractivity contribution in [2.24, 2.45) is 4.99 Å². The average molecular weight is 266 g/mol. The highest BCUT2D eigenvalue weighted by atomic mass is 16.4. The number of carboxylic acids is 1. The van der Waals surface area contributed by atoms with Crippen molar-refractivity contribution in [1.82, 2.24) is 10.3 Å². The summed E-state index contributed by atoms with van der Waals surface area (Å²) in [6, 6.07) is 1.41. The predicted octanol–water partition coefficient (Wildman–Crippen LogP) is -1.13. The van der Waals surface area contributed by atoms with E-state index < -0.39 is 18.2 Å². The van der Waals surface area contributed by atoms with Gasteiger partial charge in [0.15, 0.2) is 5.96 Å². The quantitative estimate of drug-likeness (QED) is 0.458. The van der Waals surface area contributed by atoms with Crippen LogP contribution in [0.4, 0.5) is 5.69 Å². The molecule has 0 aliphatic carbocycles. The van der Waals surface area contributed by atoms with E-state index in [1.54, 1.807) is 0 Å². The Balaban J connectivity index is 2.08. The number of anilines is 1. The first kappa shape index (κ1) is 13.2. The maximum Gasteiger partial charge on any atom is 0.337 e. The van der Waals surface area contributed by atoms with Gasteiger partial charge in [-0.05, 0) is 6.07 Å². The molecule has 2 heterocycles. The molecule has 0 aromatic carbocycles. The van der Waals surface area contributed by atoms with Crippen LogP contribution in [0.5, 0.6) is 0 Å². The number of carbonyl (C=O) groups is 1. The Hall–Kier alpha value is -2.19. The smallest absolute Gasteiger partial charge is 0.337 e. The van der Waals surface area contributed by atoms with Crippen LogP contribution in [0.3, 0.4) is 0 Å². The van der Waals surface area contributed by atoms with Crippen LogP contribution in [0.25, 0.3) is 0 Å². The molecule has 0 saturated carbocycles. The zero-order valence-electron chi connectivity index (χ0n) is 9.95. The average Bonchev–Trinajstić information content (AvgIpc) is 2.55. The number of rotatable bonds is 2. The number of guanidine groups is 1. The minimum atomic E-state index is -1.07. The molecule has 1 aliphatic rings. The molecule has 8 nitrogen and oxygen atoms in total. The molecule has 8 heteroatoms. The van der Waals surface area contributed by atoms with Gasteiger partial charge in [0.1, 0.15) is 6.10 Å². The number of hydrogen-bond donors (Lipinski definition) is 5. The Bertz CT molecular complexity index is 505. The maximum absolute atomic E-state index is 10.8. The van der Waals surface area contributed by atoms with Gasteiger partial charge >= 0.3 is 5.97 Å². The number of carboxylic acid groups (broad SMARTS) is 1. The largest absolute Gasteiger partial charge is 0.478 e. The topological polar surface area (TPSA) is 127 Å². The number of aromatic carboxylic acids is 1. The molecule has 1 aliphatic heterocycles. The number of pyridine rings is 1. The number of aliphatic hydroxyl groups excluding tert-OH is 2. The second-order valence-corrected chi connectivity index (χ2v) is 4.10. The third kappa shape index (κ3) is 3.39. The lowest BCUT2D eigenvalue weighted by Crippen LogP contribution is -2.38. The monoisotopic (exact) mass is 266 g/mol. The second-order valence-electron chi connectivity index (χ2n) is 4.10. The summed E-state index contributed by atoms with van der Waals surface area (Å²) in [5.74, 6) is -0.724. The molecule has 0 saturated heterocycles. The summed E-state index contributed by atoms with van der Waals surface area (Å²) in [6.07, 6.45) is 0.874. The van der Waals surface area contributed by atoms with Gasteiger partial charge < -0.3 is 26.0 Å². The third-order valence-electron chi connectivity index (χ3n) is 2.61. The lowest BCUT2D eigenvalue weighted by molar-refractivity contribution is 0.0313. The van der Waals surface area contributed by atoms with Gasteiger partial charge in [0.25, 0.3) is 0 Å². The van der Waals surface area contributed by atoms with Crippen LogP contribution in [-0.4, -0.2) is 57.5 Å². The highest BCUT2D eigenvalue weighted by Crippen LogP contribution is 2.09. The molecule has 2 unspecified atom stereocenters. The van der Waals surface area contributed by atoms with Crippen molar-refractivity contribution in [3.63, 3.8) is 0 Å². The van der Waals surface area contributed by atoms with E-state index in [-0.39, 0.29) is 18.7 Å². The first-order chi connectivity index (χ1) is 9.06. The van der Waals surface area contributed by atoms with Crippen molar-refractivity contribution in [2.45, 2.75) is 12.2 Å². The normalized spacial score (nSPS) is 22.9. The van der Waals surface area contributed by atoms with Crippen LogP contribution >= 0.6 is 0 Å². The number of aromatic nitrogens is 1. The molecule has 0 amide bonds. The van der Waals surface area contributed by atoms with Gasteiger partial charge in [-0.2, -0.15) is 0 Å². The summed E-state index contributed by atoms with van der Waals surface area (Å²) >= 11 is 0. The van der Waals surface area contributed by atoms with Crippen molar-refractivity contribution in [1.29, 1.82) is 0 Å². The van der Waals surface area contributed by atoms with E-state index in [1.165, 1.54) is 18.5 Å². The zero-order chi connectivity index (χ0) is 13.8. The Morgan fingerprint density at radius 2 is 2.16 bits per heavy atom. The van der Waals surface area contributed by atoms with Crippen molar-refractivity contribution >= 4 is 17.6 Å². The molecule has 0 bridgehead atoms. The van der Waals surface area contributed by atoms with Gasteiger partial charge in [0.2, 0.25) is 0 Å². The second kappa shape index (κ2) is 5.63. The van der Waals surface area contributed by atoms with Gasteiger partial charge in [-0.1, -0.05) is 0 Å². The molecule has 1 aromatic rings. The van der Waals surface area contributed by atoms with Crippen LogP contribution in [0, 0.1) is 0 Å². The molecule has 0 radical (unpaired) electrons. The fourth-order valence-corrected chi connectivity index (χ4v) is 1.55. The molecule has 19 heavy (non-hydrogen) atoms. The van der Waals surface area contributed by atoms with E-state index in [0.717, 1.165) is 0 Å². The summed E-state index contributed by atoms with van der Waals surface area (Å²) < 4.78 is 0. The van der Waals surface area contributed by atoms with E-state index in [9.17, 15) is 15.0 Å². The van der Waals surface area contributed by atoms with Crippen LogP contribution < -0.4 is 10.6 Å². The highest BCUT2D eigenvalue weighted by molar-refractivity contribution is 5.95. The highest BCUT2D eigenvalue weighted by Gasteiger charge is 2.19. The van der Waals surface area contributed by atoms with Gasteiger partial charge in [-0.3, -0.25) is 9.98 Å². The van der Waals surface area contributed by atoms with Crippen LogP contribution in [0.1, 0.15) is 10.4 Å². The van der Waals surface area contributed by atoms with Gasteiger partial charge in [0.05, 0.1) is 30.1 Å². The minimum absolute atomic E-state index is 0.0549. The molecular weight excluding hydrogens is 252 g/mol. The summed E-state index contributed by atoms with van der Waals surface area (Å²) in [7, 11) is 0. The Morgan fingerprint density at radius 1 is 1.37 bits per heavy atom.